The molecule has 2 aliphatic rings. The maximum absolute atomic E-state index is 12.1. The van der Waals surface area contributed by atoms with E-state index in [0.29, 0.717) is 12.8 Å². The van der Waals surface area contributed by atoms with Gasteiger partial charge >= 0.3 is 0 Å². The number of piperidine rings is 1. The Kier molecular flexibility index (Phi) is 4.90. The third-order valence-corrected chi connectivity index (χ3v) is 5.57. The van der Waals surface area contributed by atoms with Gasteiger partial charge < -0.3 is 0 Å². The lowest BCUT2D eigenvalue weighted by molar-refractivity contribution is -0.137. The molecule has 0 radical (unpaired) electrons. The Labute approximate surface area is 144 Å². The van der Waals surface area contributed by atoms with E-state index < -0.39 is 0 Å². The van der Waals surface area contributed by atoms with Gasteiger partial charge in [0, 0.05) is 18.3 Å². The molecule has 6 heteroatoms. The number of nitrogens with zero attached hydrogens (tertiary/aromatic N) is 1. The summed E-state index contributed by atoms with van der Waals surface area (Å²) in [6.45, 7) is 0.730. The Morgan fingerprint density at radius 1 is 1.36 bits per heavy atom. The Hall–Kier alpha value is -0.850. The van der Waals surface area contributed by atoms with Gasteiger partial charge in [0.25, 0.3) is 0 Å². The van der Waals surface area contributed by atoms with Crippen LogP contribution in [0.1, 0.15) is 41.3 Å². The normalized spacial score (nSPS) is 25.2. The quantitative estimate of drug-likeness (QED) is 0.477. The fraction of sp³-hybridized carbons (Fsp3) is 0.500. The number of hydrogen-bond donors (Lipinski definition) is 2. The van der Waals surface area contributed by atoms with E-state index in [2.05, 4.69) is 44.3 Å². The molecule has 0 bridgehead atoms. The minimum Gasteiger partial charge on any atom is -0.295 e. The van der Waals surface area contributed by atoms with Crippen LogP contribution in [0.4, 0.5) is 0 Å². The number of rotatable bonds is 4. The minimum absolute atomic E-state index is 0.0807. The monoisotopic (exact) mass is 382 g/mol. The number of halogens is 1. The van der Waals surface area contributed by atoms with Crippen LogP contribution in [0, 0.1) is 0 Å². The van der Waals surface area contributed by atoms with E-state index in [9.17, 15) is 9.59 Å². The number of nitrogens with one attached hydrogen (secondary N) is 1. The van der Waals surface area contributed by atoms with Crippen LogP contribution in [-0.4, -0.2) is 28.1 Å². The van der Waals surface area contributed by atoms with Gasteiger partial charge in [0.2, 0.25) is 11.8 Å². The van der Waals surface area contributed by atoms with Crippen molar-refractivity contribution in [1.82, 2.24) is 10.2 Å². The van der Waals surface area contributed by atoms with Gasteiger partial charge in [-0.2, -0.15) is 12.6 Å². The van der Waals surface area contributed by atoms with Crippen molar-refractivity contribution >= 4 is 40.4 Å². The van der Waals surface area contributed by atoms with Crippen LogP contribution in [0.25, 0.3) is 0 Å². The molecule has 22 heavy (non-hydrogen) atoms. The van der Waals surface area contributed by atoms with Crippen molar-refractivity contribution in [3.63, 3.8) is 0 Å². The molecule has 2 heterocycles. The van der Waals surface area contributed by atoms with E-state index in [0.717, 1.165) is 24.7 Å². The summed E-state index contributed by atoms with van der Waals surface area (Å²) in [6.07, 6.45) is 3.09. The van der Waals surface area contributed by atoms with E-state index in [1.165, 1.54) is 16.7 Å². The van der Waals surface area contributed by atoms with Crippen LogP contribution in [0.3, 0.4) is 0 Å². The van der Waals surface area contributed by atoms with Crippen LogP contribution in [-0.2, 0) is 22.6 Å². The summed E-state index contributed by atoms with van der Waals surface area (Å²) >= 11 is 8.21. The number of hydrogen-bond acceptors (Lipinski definition) is 4. The Morgan fingerprint density at radius 2 is 2.18 bits per heavy atom. The van der Waals surface area contributed by atoms with E-state index in [-0.39, 0.29) is 23.2 Å². The highest BCUT2D eigenvalue weighted by molar-refractivity contribution is 9.09. The fourth-order valence-corrected chi connectivity index (χ4v) is 4.07. The number of amides is 2. The Balaban J connectivity index is 1.83. The molecule has 2 aliphatic heterocycles. The zero-order chi connectivity index (χ0) is 15.7. The number of carbonyl (C=O) groups is 2. The van der Waals surface area contributed by atoms with Crippen molar-refractivity contribution in [3.8, 4) is 0 Å². The summed E-state index contributed by atoms with van der Waals surface area (Å²) in [6, 6.07) is 6.06. The van der Waals surface area contributed by atoms with Crippen molar-refractivity contribution < 1.29 is 9.59 Å². The second kappa shape index (κ2) is 6.72. The molecular formula is C16H19BrN2O2S. The van der Waals surface area contributed by atoms with E-state index >= 15 is 0 Å². The van der Waals surface area contributed by atoms with Gasteiger partial charge in [-0.15, -0.1) is 0 Å². The lowest BCUT2D eigenvalue weighted by atomic mass is 10.00. The highest BCUT2D eigenvalue weighted by atomic mass is 79.9. The van der Waals surface area contributed by atoms with Crippen LogP contribution < -0.4 is 5.32 Å². The maximum Gasteiger partial charge on any atom is 0.243 e. The van der Waals surface area contributed by atoms with E-state index in [1.54, 1.807) is 0 Å². The van der Waals surface area contributed by atoms with Crippen LogP contribution in [0.15, 0.2) is 18.2 Å². The highest BCUT2D eigenvalue weighted by Crippen LogP contribution is 2.40. The first kappa shape index (κ1) is 16.0. The molecule has 1 aromatic carbocycles. The predicted octanol–water partition coefficient (Wildman–Crippen LogP) is 2.56. The second-order valence-electron chi connectivity index (χ2n) is 5.79. The minimum atomic E-state index is -0.267. The SMILES string of the molecule is O=C1CCC(N2Cc3c(CCCBr)cccc3C2S)C(=O)N1. The molecule has 1 aromatic rings. The zero-order valence-corrected chi connectivity index (χ0v) is 14.7. The van der Waals surface area contributed by atoms with Crippen molar-refractivity contribution in [1.29, 1.82) is 0 Å². The first-order valence-corrected chi connectivity index (χ1v) is 9.19. The van der Waals surface area contributed by atoms with Crippen LogP contribution in [0.5, 0.6) is 0 Å². The number of aryl methyl sites for hydroxylation is 1. The lowest BCUT2D eigenvalue weighted by Crippen LogP contribution is -2.51. The summed E-state index contributed by atoms with van der Waals surface area (Å²) < 4.78 is 0. The van der Waals surface area contributed by atoms with Gasteiger partial charge in [0.05, 0.1) is 11.4 Å². The number of thiol groups is 1. The smallest absolute Gasteiger partial charge is 0.243 e. The summed E-state index contributed by atoms with van der Waals surface area (Å²) in [4.78, 5) is 25.6. The van der Waals surface area contributed by atoms with Gasteiger partial charge in [-0.05, 0) is 36.0 Å². The van der Waals surface area contributed by atoms with Crippen molar-refractivity contribution in [3.05, 3.63) is 34.9 Å². The molecule has 4 nitrogen and oxygen atoms in total. The lowest BCUT2D eigenvalue weighted by Gasteiger charge is -2.32. The van der Waals surface area contributed by atoms with Gasteiger partial charge in [-0.3, -0.25) is 19.8 Å². The van der Waals surface area contributed by atoms with E-state index in [4.69, 9.17) is 12.6 Å². The molecule has 0 aliphatic carbocycles. The topological polar surface area (TPSA) is 49.4 Å². The Morgan fingerprint density at radius 3 is 2.91 bits per heavy atom. The molecule has 2 unspecified atom stereocenters. The molecule has 2 atom stereocenters. The predicted molar refractivity (Wildman–Crippen MR) is 92.0 cm³/mol. The Bertz CT molecular complexity index is 608. The maximum atomic E-state index is 12.1. The third kappa shape index (κ3) is 2.96. The number of fused-ring (bicyclic) bond motifs is 1. The largest absolute Gasteiger partial charge is 0.295 e. The molecule has 1 saturated heterocycles. The summed E-state index contributed by atoms with van der Waals surface area (Å²) in [5.41, 5.74) is 3.83. The van der Waals surface area contributed by atoms with Crippen LogP contribution >= 0.6 is 28.6 Å². The molecule has 1 fully saturated rings. The van der Waals surface area contributed by atoms with Crippen molar-refractivity contribution in [2.24, 2.45) is 0 Å². The summed E-state index contributed by atoms with van der Waals surface area (Å²) in [7, 11) is 0. The molecule has 118 valence electrons. The van der Waals surface area contributed by atoms with Gasteiger partial charge in [-0.25, -0.2) is 0 Å². The number of carbonyl (C=O) groups excluding carboxylic acids is 2. The zero-order valence-electron chi connectivity index (χ0n) is 12.2. The third-order valence-electron chi connectivity index (χ3n) is 4.43. The molecule has 0 aromatic heterocycles. The van der Waals surface area contributed by atoms with E-state index in [1.807, 2.05) is 0 Å². The molecule has 2 amide bonds. The van der Waals surface area contributed by atoms with Crippen LogP contribution in [0.2, 0.25) is 0 Å². The summed E-state index contributed by atoms with van der Waals surface area (Å²) in [5.74, 6) is -0.364. The van der Waals surface area contributed by atoms with Gasteiger partial charge in [0.1, 0.15) is 0 Å². The number of alkyl halides is 1. The van der Waals surface area contributed by atoms with Crippen molar-refractivity contribution in [2.75, 3.05) is 5.33 Å². The molecular weight excluding hydrogens is 364 g/mol. The first-order valence-electron chi connectivity index (χ1n) is 7.56. The summed E-state index contributed by atoms with van der Waals surface area (Å²) in [5, 5.41) is 3.35. The number of benzene rings is 1. The fourth-order valence-electron chi connectivity index (χ4n) is 3.31. The molecule has 0 spiro atoms. The average Bonchev–Trinajstić information content (AvgIpc) is 2.83. The van der Waals surface area contributed by atoms with Crippen molar-refractivity contribution in [2.45, 2.75) is 43.6 Å². The second-order valence-corrected chi connectivity index (χ2v) is 7.07. The van der Waals surface area contributed by atoms with Gasteiger partial charge in [0.15, 0.2) is 0 Å². The molecule has 1 N–H and O–H groups in total. The average molecular weight is 383 g/mol. The molecule has 0 saturated carbocycles. The standard InChI is InChI=1S/C16H19BrN2O2S/c17-8-2-4-10-3-1-5-11-12(10)9-19(16(11)22)13-6-7-14(20)18-15(13)21/h1,3,5,13,16,22H,2,4,6-9H2,(H,18,20,21). The van der Waals surface area contributed by atoms with Gasteiger partial charge in [-0.1, -0.05) is 34.1 Å². The first-order chi connectivity index (χ1) is 10.6. The molecule has 3 rings (SSSR count). The number of imide groups is 1. The highest BCUT2D eigenvalue weighted by Gasteiger charge is 2.39.